The van der Waals surface area contributed by atoms with Gasteiger partial charge in [0, 0.05) is 59.8 Å². The van der Waals surface area contributed by atoms with Crippen molar-refractivity contribution in [3.63, 3.8) is 0 Å². The van der Waals surface area contributed by atoms with Crippen molar-refractivity contribution in [1.82, 2.24) is 65.1 Å². The number of imide groups is 1. The first-order valence-corrected chi connectivity index (χ1v) is 47.1. The van der Waals surface area contributed by atoms with Gasteiger partial charge in [-0.15, -0.1) is 0 Å². The van der Waals surface area contributed by atoms with Crippen molar-refractivity contribution in [1.29, 1.82) is 5.26 Å². The number of carboxylic acids is 1. The van der Waals surface area contributed by atoms with Crippen LogP contribution in [0.25, 0.3) is 65.4 Å². The normalized spacial score (nSPS) is 13.8. The fraction of sp³-hybridized carbons (Fsp3) is 0.198. The van der Waals surface area contributed by atoms with Gasteiger partial charge in [0.05, 0.1) is 101 Å². The summed E-state index contributed by atoms with van der Waals surface area (Å²) < 4.78 is 154. The average molecular weight is 2070 g/mol. The minimum atomic E-state index is -4.75. The number of urea groups is 2. The zero-order valence-electron chi connectivity index (χ0n) is 80.2. The maximum atomic E-state index is 13.7. The number of primary amides is 1. The third kappa shape index (κ3) is 26.6. The van der Waals surface area contributed by atoms with Crippen LogP contribution in [0.1, 0.15) is 110 Å². The molecule has 44 heteroatoms. The van der Waals surface area contributed by atoms with Crippen LogP contribution in [-0.4, -0.2) is 155 Å². The minimum Gasteiger partial charge on any atom is -0.480 e. The van der Waals surface area contributed by atoms with E-state index in [0.29, 0.717) is 69.3 Å². The molecule has 9 amide bonds. The molecule has 5 heterocycles. The molecule has 8 N–H and O–H groups in total. The quantitative estimate of drug-likeness (QED) is 0.0195. The highest BCUT2D eigenvalue weighted by Crippen LogP contribution is 2.45. The molecular formula is C106H90F9N19O15S. The third-order valence-electron chi connectivity index (χ3n) is 23.1. The fourth-order valence-electron chi connectivity index (χ4n) is 16.1. The van der Waals surface area contributed by atoms with E-state index in [1.54, 1.807) is 84.9 Å². The Morgan fingerprint density at radius 3 is 1.63 bits per heavy atom. The van der Waals surface area contributed by atoms with Crippen LogP contribution < -0.4 is 43.1 Å². The number of aromatic nitrogens is 6. The maximum absolute atomic E-state index is 13.7. The molecule has 1 fully saturated rings. The highest BCUT2D eigenvalue weighted by molar-refractivity contribution is 7.90. The lowest BCUT2D eigenvalue weighted by atomic mass is 9.96. The van der Waals surface area contributed by atoms with Crippen LogP contribution in [0.3, 0.4) is 0 Å². The molecule has 15 rings (SSSR count). The van der Waals surface area contributed by atoms with Gasteiger partial charge in [0.25, 0.3) is 34.7 Å². The van der Waals surface area contributed by atoms with E-state index in [1.807, 2.05) is 91.0 Å². The van der Waals surface area contributed by atoms with E-state index < -0.39 is 140 Å². The Morgan fingerprint density at radius 2 is 1.11 bits per heavy atom. The number of carbonyl (C=O) groups excluding carboxylic acids is 7. The topological polar surface area (TPSA) is 432 Å². The zero-order chi connectivity index (χ0) is 109. The van der Waals surface area contributed by atoms with Crippen LogP contribution in [0.2, 0.25) is 0 Å². The number of alkyl halides is 9. The van der Waals surface area contributed by atoms with Crippen LogP contribution in [0.15, 0.2) is 293 Å². The van der Waals surface area contributed by atoms with Crippen LogP contribution in [-0.2, 0) is 67.1 Å². The number of hydrogen-bond donors (Lipinski definition) is 7. The number of nitrogens with zero attached hydrogens (tertiary/aromatic N) is 14. The van der Waals surface area contributed by atoms with Crippen LogP contribution in [0, 0.1) is 50.8 Å². The molecule has 34 nitrogen and oxygen atoms in total. The molecular weight excluding hydrogens is 1980 g/mol. The largest absolute Gasteiger partial charge is 0.480 e. The summed E-state index contributed by atoms with van der Waals surface area (Å²) in [6.07, 6.45) is -11.5. The summed E-state index contributed by atoms with van der Waals surface area (Å²) >= 11 is 0. The van der Waals surface area contributed by atoms with Crippen LogP contribution in [0.4, 0.5) is 71.0 Å². The van der Waals surface area contributed by atoms with E-state index in [4.69, 9.17) is 40.4 Å². The molecule has 3 atom stereocenters. The van der Waals surface area contributed by atoms with Gasteiger partial charge in [-0.05, 0) is 151 Å². The molecule has 0 aliphatic carbocycles. The number of allylic oxidation sites excluding steroid dienone is 1. The summed E-state index contributed by atoms with van der Waals surface area (Å²) in [7, 11) is -4.06. The molecule has 0 radical (unpaired) electrons. The average Bonchev–Trinajstić information content (AvgIpc) is 0.739. The number of nitrogens with one attached hydrogen (secondary N) is 4. The summed E-state index contributed by atoms with van der Waals surface area (Å²) in [5.41, 5.74) is 7.53. The molecule has 0 spiro atoms. The van der Waals surface area contributed by atoms with Crippen molar-refractivity contribution in [2.75, 3.05) is 37.5 Å². The van der Waals surface area contributed by atoms with Gasteiger partial charge < -0.3 is 36.6 Å². The number of aliphatic carboxylic acids is 1. The Kier molecular flexibility index (Phi) is 35.3. The lowest BCUT2D eigenvalue weighted by molar-refractivity contribution is -0.139. The van der Waals surface area contributed by atoms with Crippen molar-refractivity contribution >= 4 is 74.7 Å². The fourth-order valence-corrected chi connectivity index (χ4v) is 17.1. The van der Waals surface area contributed by atoms with Crippen molar-refractivity contribution < 1.29 is 101 Å². The number of aliphatic hydroxyl groups excluding tert-OH is 1. The first-order chi connectivity index (χ1) is 71.3. The van der Waals surface area contributed by atoms with Crippen molar-refractivity contribution in [2.24, 2.45) is 11.7 Å². The van der Waals surface area contributed by atoms with Gasteiger partial charge in [-0.2, -0.15) is 49.9 Å². The molecule has 2 aliphatic heterocycles. The number of nitrogens with two attached hydrogens (primary N) is 1. The zero-order valence-corrected chi connectivity index (χ0v) is 81.0. The molecule has 768 valence electrons. The van der Waals surface area contributed by atoms with E-state index >= 15 is 0 Å². The molecule has 3 aromatic heterocycles. The van der Waals surface area contributed by atoms with Gasteiger partial charge in [0.15, 0.2) is 32.6 Å². The van der Waals surface area contributed by atoms with Gasteiger partial charge >= 0.3 is 42.7 Å². The first-order valence-electron chi connectivity index (χ1n) is 45.2. The lowest BCUT2D eigenvalue weighted by Crippen LogP contribution is -2.55. The number of alkyl carbamates (subject to hydrolysis) is 1. The van der Waals surface area contributed by atoms with Gasteiger partial charge in [0.1, 0.15) is 30.9 Å². The number of rotatable bonds is 26. The Balaban J connectivity index is 0.000000177. The standard InChI is InChI=1S/C31H36N4O4.C28H19F3N4O4.C24H20F3N5O5S.C23H15F3N6O2/c1-23(2)18-28-30(37)35(22-34(28)20-25-14-8-4-9-15-25)33-29(36)27(19-24-12-6-3-7-13-24)32-31(38)39-21-26-16-10-5-11-17-26;1-16-24(22-9-4-3-8-21(22)17-10-12-19(32-2)13-11-17)34-25(26(38)33-15-23(36)37)27(39)35(16)20-7-5-6-18(14-20)28(29,30)31;1-14-20(29-2)21(18-8-7-15(13-28)11-19(18)38(3,36)37)32(22(34)30-9-10-33)23(35)31(14)17-6-4-5-16(12-17)24(25,26)27;1-13-19(18-10-11-29-32(18)16-8-6-15(28-2)7-9-16)30-20(21(27)33)22(34)31(13)17-5-3-4-14(12-17)23(24,25)26/h3-17,23,27-28H,18-22H2,1-2H3,(H,32,38)(H,33,36);3-14H,15H2,1H3,(H,33,38)(H,36,37);4-8,11-12,21,33H,9-10H2,1,3H3,(H,30,34);3-12H,1H3,(H2,27,33)/t27?,28-;;21-;/m0.1./s1. The van der Waals surface area contributed by atoms with Gasteiger partial charge in [-0.25, -0.2) is 61.9 Å². The number of benzene rings is 10. The smallest absolute Gasteiger partial charge is 0.416 e. The number of carboxylic acid groups (broad SMARTS) is 1. The molecule has 0 bridgehead atoms. The van der Waals surface area contributed by atoms with Gasteiger partial charge in [-0.3, -0.25) is 57.9 Å². The van der Waals surface area contributed by atoms with E-state index in [0.717, 1.165) is 91.6 Å². The maximum Gasteiger partial charge on any atom is 0.416 e. The summed E-state index contributed by atoms with van der Waals surface area (Å²) in [6, 6.07) is 62.3. The number of halogens is 9. The first kappa shape index (κ1) is 110. The number of hydrazine groups is 1. The van der Waals surface area contributed by atoms with E-state index in [9.17, 15) is 101 Å². The lowest BCUT2D eigenvalue weighted by Gasteiger charge is -2.41. The predicted octanol–water partition coefficient (Wildman–Crippen LogP) is 17.4. The summed E-state index contributed by atoms with van der Waals surface area (Å²) in [4.78, 5) is 150. The molecule has 2 aliphatic rings. The third-order valence-corrected chi connectivity index (χ3v) is 24.3. The second-order valence-corrected chi connectivity index (χ2v) is 35.9. The van der Waals surface area contributed by atoms with Crippen LogP contribution >= 0.6 is 0 Å². The van der Waals surface area contributed by atoms with Crippen LogP contribution in [0.5, 0.6) is 0 Å². The molecule has 1 saturated heterocycles. The van der Waals surface area contributed by atoms with E-state index in [-0.39, 0.29) is 101 Å². The number of amides is 9. The molecule has 13 aromatic rings. The number of aliphatic hydroxyl groups is 1. The number of carbonyl (C=O) groups is 8. The van der Waals surface area contributed by atoms with Crippen molar-refractivity contribution in [3.8, 4) is 56.9 Å². The number of hydrogen-bond acceptors (Lipinski definition) is 19. The van der Waals surface area contributed by atoms with E-state index in [1.165, 1.54) is 67.0 Å². The van der Waals surface area contributed by atoms with Crippen molar-refractivity contribution in [2.45, 2.75) is 102 Å². The second-order valence-electron chi connectivity index (χ2n) is 33.9. The monoisotopic (exact) mass is 2070 g/mol. The summed E-state index contributed by atoms with van der Waals surface area (Å²) in [5.74, 6) is -3.91. The second kappa shape index (κ2) is 48.0. The minimum absolute atomic E-state index is 0.0387. The summed E-state index contributed by atoms with van der Waals surface area (Å²) in [6.45, 7) is 29.8. The summed E-state index contributed by atoms with van der Waals surface area (Å²) in [5, 5.41) is 40.0. The number of anilines is 1. The Bertz CT molecular complexity index is 7760. The molecule has 0 saturated carbocycles. The van der Waals surface area contributed by atoms with Gasteiger partial charge in [0.2, 0.25) is 5.70 Å². The number of ether oxygens (including phenoxy) is 1. The Labute approximate surface area is 850 Å². The van der Waals surface area contributed by atoms with E-state index in [2.05, 4.69) is 69.7 Å². The molecule has 10 aromatic carbocycles. The number of sulfone groups is 1. The van der Waals surface area contributed by atoms with Crippen molar-refractivity contribution in [3.05, 3.63) is 401 Å². The highest BCUT2D eigenvalue weighted by atomic mass is 32.2. The Hall–Kier alpha value is -18.5. The SMILES string of the molecule is CC(C)C[C@H]1C(=O)N(NC(=O)C(Cc2ccccc2)NC(=O)OCc2ccccc2)CN1Cc1ccccc1.[C-]#[N+]C1=C(C)N(c2cccc(C(F)(F)F)c2)C(=O)N(C(=O)NCCO)[C@@H]1c1ccc(C#N)cc1S(C)(=O)=O.[C-]#[N+]c1ccc(-c2ccccc2-c2nc(C(=O)NCC(=O)O)c(=O)n(-c3cccc(C(F)(F)F)c3)c2C)cc1.[C-]#[N+]c1ccc(-n2nccc2-c2nc(C(N)=O)c(=O)n(-c3cccc(C(F)(F)F)c3)c2C)cc1. The highest BCUT2D eigenvalue weighted by Gasteiger charge is 2.47. The molecule has 150 heavy (non-hydrogen) atoms. The Morgan fingerprint density at radius 1 is 0.600 bits per heavy atom. The number of nitriles is 1. The van der Waals surface area contributed by atoms with Gasteiger partial charge in [-0.1, -0.05) is 190 Å². The molecule has 1 unspecified atom stereocenters. The predicted molar refractivity (Wildman–Crippen MR) is 530 cm³/mol.